The molecule has 0 aromatic heterocycles. The Bertz CT molecular complexity index is 1590. The molecule has 0 aliphatic heterocycles. The molecule has 0 aliphatic rings. The van der Waals surface area contributed by atoms with Gasteiger partial charge in [-0.15, -0.1) is 0 Å². The van der Waals surface area contributed by atoms with E-state index in [1.807, 2.05) is 48.5 Å². The van der Waals surface area contributed by atoms with Gasteiger partial charge in [0, 0.05) is 25.0 Å². The summed E-state index contributed by atoms with van der Waals surface area (Å²) in [5, 5.41) is 0. The summed E-state index contributed by atoms with van der Waals surface area (Å²) in [5.74, 6) is 1.06. The Morgan fingerprint density at radius 3 is 1.33 bits per heavy atom. The zero-order valence-electron chi connectivity index (χ0n) is 26.4. The molecule has 0 bridgehead atoms. The fourth-order valence-electron chi connectivity index (χ4n) is 4.78. The predicted octanol–water partition coefficient (Wildman–Crippen LogP) is 3.28. The quantitative estimate of drug-likeness (QED) is 0.101. The fourth-order valence-corrected chi connectivity index (χ4v) is 5.56. The van der Waals surface area contributed by atoms with E-state index in [1.54, 1.807) is 14.2 Å². The van der Waals surface area contributed by atoms with Gasteiger partial charge in [-0.3, -0.25) is 9.59 Å². The van der Waals surface area contributed by atoms with E-state index >= 15 is 0 Å². The van der Waals surface area contributed by atoms with Gasteiger partial charge in [-0.1, -0.05) is 36.4 Å². The van der Waals surface area contributed by atoms with E-state index in [1.165, 1.54) is 50.6 Å². The number of para-hydroxylation sites is 2. The van der Waals surface area contributed by atoms with Crippen molar-refractivity contribution in [2.75, 3.05) is 28.4 Å². The van der Waals surface area contributed by atoms with Crippen LogP contribution in [0.3, 0.4) is 0 Å². The number of ether oxygens (including phenoxy) is 4. The summed E-state index contributed by atoms with van der Waals surface area (Å²) in [4.78, 5) is 38.7. The number of rotatable bonds is 16. The SMILES string of the molecule is COc1ccccc1CCC(=O)c1ccc(OP(=O)([O-])Oc2ccc(C(=O)CCc3ccccc3OC)c(OC)c2)cc1OC.[Na+]. The van der Waals surface area contributed by atoms with Gasteiger partial charge in [-0.05, 0) is 60.4 Å². The number of ketones is 2. The predicted molar refractivity (Wildman–Crippen MR) is 166 cm³/mol. The molecule has 4 aromatic carbocycles. The molecular formula is C34H34NaO10P. The number of phosphoric acid groups is 1. The van der Waals surface area contributed by atoms with Crippen molar-refractivity contribution in [3.05, 3.63) is 107 Å². The molecule has 0 unspecified atom stereocenters. The smallest absolute Gasteiger partial charge is 0.736 e. The second kappa shape index (κ2) is 17.2. The molecule has 236 valence electrons. The molecule has 4 rings (SSSR count). The van der Waals surface area contributed by atoms with Gasteiger partial charge in [-0.25, -0.2) is 4.57 Å². The number of phosphoric ester groups is 1. The number of Topliss-reactive ketones (excluding diaryl/α,β-unsaturated/α-hetero) is 2. The van der Waals surface area contributed by atoms with Gasteiger partial charge in [0.1, 0.15) is 34.5 Å². The van der Waals surface area contributed by atoms with E-state index in [0.29, 0.717) is 24.3 Å². The zero-order valence-corrected chi connectivity index (χ0v) is 29.3. The maximum absolute atomic E-state index is 13.0. The first kappa shape index (κ1) is 36.7. The third kappa shape index (κ3) is 9.61. The number of carbonyl (C=O) groups is 2. The third-order valence-electron chi connectivity index (χ3n) is 7.01. The fraction of sp³-hybridized carbons (Fsp3) is 0.235. The van der Waals surface area contributed by atoms with Crippen molar-refractivity contribution < 1.29 is 76.6 Å². The van der Waals surface area contributed by atoms with Crippen LogP contribution in [-0.4, -0.2) is 40.0 Å². The van der Waals surface area contributed by atoms with Crippen molar-refractivity contribution in [2.24, 2.45) is 0 Å². The third-order valence-corrected chi connectivity index (χ3v) is 7.88. The van der Waals surface area contributed by atoms with Crippen LogP contribution in [0.2, 0.25) is 0 Å². The summed E-state index contributed by atoms with van der Waals surface area (Å²) < 4.78 is 44.5. The molecule has 4 aromatic rings. The van der Waals surface area contributed by atoms with Crippen LogP contribution >= 0.6 is 7.82 Å². The van der Waals surface area contributed by atoms with Crippen molar-refractivity contribution in [3.63, 3.8) is 0 Å². The van der Waals surface area contributed by atoms with Crippen LogP contribution in [0.1, 0.15) is 44.7 Å². The van der Waals surface area contributed by atoms with Crippen molar-refractivity contribution in [1.82, 2.24) is 0 Å². The molecule has 0 N–H and O–H groups in total. The van der Waals surface area contributed by atoms with Gasteiger partial charge in [0.15, 0.2) is 11.6 Å². The zero-order chi connectivity index (χ0) is 32.4. The Hall–Kier alpha value is -3.79. The van der Waals surface area contributed by atoms with Crippen LogP contribution in [0.25, 0.3) is 0 Å². The van der Waals surface area contributed by atoms with E-state index in [-0.39, 0.29) is 88.1 Å². The minimum atomic E-state index is -4.96. The van der Waals surface area contributed by atoms with Crippen molar-refractivity contribution in [2.45, 2.75) is 25.7 Å². The Labute approximate surface area is 290 Å². The molecule has 0 fully saturated rings. The molecule has 0 saturated carbocycles. The van der Waals surface area contributed by atoms with Crippen molar-refractivity contribution >= 4 is 19.4 Å². The molecule has 0 amide bonds. The molecule has 0 spiro atoms. The minimum absolute atomic E-state index is 0. The summed E-state index contributed by atoms with van der Waals surface area (Å²) >= 11 is 0. The number of hydrogen-bond acceptors (Lipinski definition) is 10. The number of benzene rings is 4. The standard InChI is InChI=1S/C34H35O10P.Na/c1-39-31-11-7-5-9-23(31)13-19-29(35)27-17-15-25(21-33(27)41-3)43-45(37,38)44-26-16-18-28(34(22-26)42-4)30(36)20-14-24-10-6-8-12-32(24)40-2;/h5-12,15-18,21-22H,13-14,19-20H2,1-4H3,(H,37,38);/q;+1/p-1. The normalized spacial score (nSPS) is 10.7. The molecular weight excluding hydrogens is 622 g/mol. The van der Waals surface area contributed by atoms with E-state index in [0.717, 1.165) is 11.1 Å². The average Bonchev–Trinajstić information content (AvgIpc) is 3.05. The minimum Gasteiger partial charge on any atom is -0.736 e. The maximum Gasteiger partial charge on any atom is 1.00 e. The second-order valence-corrected chi connectivity index (χ2v) is 11.1. The van der Waals surface area contributed by atoms with E-state index in [2.05, 4.69) is 0 Å². The van der Waals surface area contributed by atoms with Crippen LogP contribution < -0.4 is 62.4 Å². The molecule has 0 atom stereocenters. The Morgan fingerprint density at radius 1 is 0.587 bits per heavy atom. The number of methoxy groups -OCH3 is 4. The average molecular weight is 657 g/mol. The molecule has 10 nitrogen and oxygen atoms in total. The molecule has 0 saturated heterocycles. The van der Waals surface area contributed by atoms with E-state index < -0.39 is 7.82 Å². The molecule has 46 heavy (non-hydrogen) atoms. The Balaban J connectivity index is 0.00000576. The first-order valence-corrected chi connectivity index (χ1v) is 15.5. The topological polar surface area (TPSA) is 130 Å². The van der Waals surface area contributed by atoms with Crippen molar-refractivity contribution in [3.8, 4) is 34.5 Å². The van der Waals surface area contributed by atoms with Crippen LogP contribution in [0.5, 0.6) is 34.5 Å². The second-order valence-electron chi connectivity index (χ2n) is 9.82. The van der Waals surface area contributed by atoms with Gasteiger partial charge in [0.05, 0.1) is 39.6 Å². The maximum atomic E-state index is 13.0. The van der Waals surface area contributed by atoms with Crippen LogP contribution in [0.15, 0.2) is 84.9 Å². The van der Waals surface area contributed by atoms with Crippen molar-refractivity contribution in [1.29, 1.82) is 0 Å². The van der Waals surface area contributed by atoms with E-state index in [9.17, 15) is 19.0 Å². The Morgan fingerprint density at radius 2 is 0.957 bits per heavy atom. The van der Waals surface area contributed by atoms with Gasteiger partial charge in [0.25, 0.3) is 0 Å². The summed E-state index contributed by atoms with van der Waals surface area (Å²) in [6, 6.07) is 23.0. The van der Waals surface area contributed by atoms with Gasteiger partial charge in [0.2, 0.25) is 0 Å². The summed E-state index contributed by atoms with van der Waals surface area (Å²) in [5.41, 5.74) is 2.33. The van der Waals surface area contributed by atoms with Gasteiger partial charge < -0.3 is 32.9 Å². The summed E-state index contributed by atoms with van der Waals surface area (Å²) in [7, 11) is 0.921. The molecule has 0 aliphatic carbocycles. The monoisotopic (exact) mass is 656 g/mol. The first-order valence-electron chi connectivity index (χ1n) is 14.0. The summed E-state index contributed by atoms with van der Waals surface area (Å²) in [6.45, 7) is 0. The largest absolute Gasteiger partial charge is 1.00 e. The van der Waals surface area contributed by atoms with Gasteiger partial charge in [-0.2, -0.15) is 0 Å². The molecule has 0 radical (unpaired) electrons. The number of hydrogen-bond donors (Lipinski definition) is 0. The first-order chi connectivity index (χ1) is 21.7. The summed E-state index contributed by atoms with van der Waals surface area (Å²) in [6.07, 6.45) is 1.26. The Kier molecular flexibility index (Phi) is 13.7. The van der Waals surface area contributed by atoms with Gasteiger partial charge >= 0.3 is 37.4 Å². The molecule has 12 heteroatoms. The molecule has 0 heterocycles. The number of carbonyl (C=O) groups excluding carboxylic acids is 2. The van der Waals surface area contributed by atoms with Crippen LogP contribution in [0.4, 0.5) is 0 Å². The number of aryl methyl sites for hydroxylation is 2. The van der Waals surface area contributed by atoms with Crippen LogP contribution in [-0.2, 0) is 17.4 Å². The van der Waals surface area contributed by atoms with E-state index in [4.69, 9.17) is 28.0 Å². The van der Waals surface area contributed by atoms with Crippen LogP contribution in [0, 0.1) is 0 Å².